The number of halogens is 2. The number of carboxylic acids is 1. The summed E-state index contributed by atoms with van der Waals surface area (Å²) in [6.45, 7) is 4.06. The van der Waals surface area contributed by atoms with Gasteiger partial charge in [0.05, 0.1) is 30.7 Å². The van der Waals surface area contributed by atoms with Crippen LogP contribution in [0, 0.1) is 15.9 Å². The molecule has 0 amide bonds. The molecule has 4 rings (SSSR count). The van der Waals surface area contributed by atoms with Crippen molar-refractivity contribution in [3.05, 3.63) is 55.5 Å². The molecule has 13 nitrogen and oxygen atoms in total. The van der Waals surface area contributed by atoms with E-state index in [-0.39, 0.29) is 35.2 Å². The van der Waals surface area contributed by atoms with Crippen LogP contribution in [0.5, 0.6) is 5.75 Å². The van der Waals surface area contributed by atoms with E-state index >= 15 is 4.39 Å². The van der Waals surface area contributed by atoms with Crippen molar-refractivity contribution in [2.24, 2.45) is 0 Å². The van der Waals surface area contributed by atoms with Crippen LogP contribution < -0.4 is 15.1 Å². The van der Waals surface area contributed by atoms with Gasteiger partial charge in [-0.2, -0.15) is 0 Å². The van der Waals surface area contributed by atoms with Crippen LogP contribution in [-0.4, -0.2) is 86.1 Å². The first-order valence-corrected chi connectivity index (χ1v) is 12.1. The Hall–Kier alpha value is -3.75. The van der Waals surface area contributed by atoms with Gasteiger partial charge in [0.15, 0.2) is 11.6 Å². The maximum absolute atomic E-state index is 15.4. The molecule has 3 aromatic rings. The number of aromatic carboxylic acids is 1. The standard InChI is InChI=1S/C23H26ClFN6O7/c1-3-28-11-15(22(34)35)20(33)14-8-16(25)19(21(38-2)18(14)28)29-6-4-27(5-7-29)9-13(32)10-30-12-17(31(36)37)26-23(30)24/h8,11-13,32H,3-7,9-10H2,1-2H3,(H,34,35). The highest BCUT2D eigenvalue weighted by molar-refractivity contribution is 6.28. The van der Waals surface area contributed by atoms with Gasteiger partial charge in [-0.1, -0.05) is 0 Å². The Morgan fingerprint density at radius 1 is 1.26 bits per heavy atom. The number of carboxylic acid groups (broad SMARTS) is 1. The van der Waals surface area contributed by atoms with Crippen molar-refractivity contribution in [1.29, 1.82) is 0 Å². The van der Waals surface area contributed by atoms with Gasteiger partial charge in [-0.3, -0.25) is 14.3 Å². The first kappa shape index (κ1) is 27.3. The fourth-order valence-corrected chi connectivity index (χ4v) is 4.92. The van der Waals surface area contributed by atoms with E-state index in [1.807, 2.05) is 4.90 Å². The second-order valence-electron chi connectivity index (χ2n) is 8.82. The molecule has 1 atom stereocenters. The number of hydrogen-bond acceptors (Lipinski definition) is 9. The number of hydrogen-bond donors (Lipinski definition) is 2. The van der Waals surface area contributed by atoms with Crippen LogP contribution in [0.15, 0.2) is 23.3 Å². The predicted octanol–water partition coefficient (Wildman–Crippen LogP) is 1.81. The first-order chi connectivity index (χ1) is 18.0. The van der Waals surface area contributed by atoms with E-state index in [9.17, 15) is 29.9 Å². The number of aliphatic hydroxyl groups excluding tert-OH is 1. The SMILES string of the molecule is CCn1cc(C(=O)O)c(=O)c2cc(F)c(N3CCN(CC(O)Cn4cc([N+](=O)[O-])nc4Cl)CC3)c(OC)c21. The van der Waals surface area contributed by atoms with Gasteiger partial charge in [0.25, 0.3) is 0 Å². The highest BCUT2D eigenvalue weighted by Crippen LogP contribution is 2.38. The summed E-state index contributed by atoms with van der Waals surface area (Å²) in [5, 5.41) is 30.6. The summed E-state index contributed by atoms with van der Waals surface area (Å²) in [5.74, 6) is -2.37. The molecule has 1 fully saturated rings. The number of piperazine rings is 1. The molecule has 0 aliphatic carbocycles. The summed E-state index contributed by atoms with van der Waals surface area (Å²) in [4.78, 5) is 41.9. The minimum Gasteiger partial charge on any atom is -0.492 e. The van der Waals surface area contributed by atoms with Crippen molar-refractivity contribution in [2.45, 2.75) is 26.1 Å². The second-order valence-corrected chi connectivity index (χ2v) is 9.16. The molecule has 2 N–H and O–H groups in total. The van der Waals surface area contributed by atoms with E-state index in [1.54, 1.807) is 16.4 Å². The summed E-state index contributed by atoms with van der Waals surface area (Å²) in [6, 6.07) is 1.05. The Kier molecular flexibility index (Phi) is 7.85. The fraction of sp³-hybridized carbons (Fsp3) is 0.435. The van der Waals surface area contributed by atoms with E-state index in [1.165, 1.54) is 17.9 Å². The van der Waals surface area contributed by atoms with Crippen LogP contribution in [0.2, 0.25) is 5.28 Å². The number of fused-ring (bicyclic) bond motifs is 1. The average Bonchev–Trinajstić information content (AvgIpc) is 3.24. The Balaban J connectivity index is 1.53. The minimum absolute atomic E-state index is 0.0138. The van der Waals surface area contributed by atoms with Crippen LogP contribution in [-0.2, 0) is 13.1 Å². The number of carbonyl (C=O) groups is 1. The van der Waals surface area contributed by atoms with Gasteiger partial charge in [0, 0.05) is 45.5 Å². The molecule has 1 aromatic carbocycles. The molecule has 204 valence electrons. The number of ether oxygens (including phenoxy) is 1. The number of anilines is 1. The van der Waals surface area contributed by atoms with Crippen LogP contribution in [0.3, 0.4) is 0 Å². The molecule has 0 spiro atoms. The number of β-amino-alcohol motifs (C(OH)–C–C–N with tert-alkyl or cyclic N) is 1. The highest BCUT2D eigenvalue weighted by Gasteiger charge is 2.28. The minimum atomic E-state index is -1.39. The topological polar surface area (TPSA) is 156 Å². The van der Waals surface area contributed by atoms with Crippen molar-refractivity contribution in [3.63, 3.8) is 0 Å². The van der Waals surface area contributed by atoms with Crippen molar-refractivity contribution in [1.82, 2.24) is 19.0 Å². The molecule has 3 heterocycles. The Bertz CT molecular complexity index is 1450. The average molecular weight is 553 g/mol. The van der Waals surface area contributed by atoms with Crippen LogP contribution in [0.25, 0.3) is 10.9 Å². The second kappa shape index (κ2) is 10.9. The third-order valence-electron chi connectivity index (χ3n) is 6.49. The van der Waals surface area contributed by atoms with Gasteiger partial charge >= 0.3 is 17.1 Å². The summed E-state index contributed by atoms with van der Waals surface area (Å²) in [6.07, 6.45) is 1.51. The van der Waals surface area contributed by atoms with Crippen molar-refractivity contribution >= 4 is 40.0 Å². The quantitative estimate of drug-likeness (QED) is 0.296. The Morgan fingerprint density at radius 2 is 1.95 bits per heavy atom. The maximum Gasteiger partial charge on any atom is 0.383 e. The Labute approximate surface area is 220 Å². The number of aryl methyl sites for hydroxylation is 1. The molecule has 1 aliphatic rings. The molecule has 1 saturated heterocycles. The van der Waals surface area contributed by atoms with Gasteiger partial charge in [-0.05, 0) is 34.5 Å². The largest absolute Gasteiger partial charge is 0.492 e. The summed E-state index contributed by atoms with van der Waals surface area (Å²) >= 11 is 5.92. The third kappa shape index (κ3) is 5.14. The molecule has 1 unspecified atom stereocenters. The lowest BCUT2D eigenvalue weighted by Gasteiger charge is -2.37. The molecule has 1 aliphatic heterocycles. The number of benzene rings is 1. The van der Waals surface area contributed by atoms with E-state index in [4.69, 9.17) is 16.3 Å². The molecule has 2 aromatic heterocycles. The molecular formula is C23H26ClFN6O7. The number of aromatic nitrogens is 3. The molecule has 0 bridgehead atoms. The van der Waals surface area contributed by atoms with Gasteiger partial charge in [-0.25, -0.2) is 9.18 Å². The number of rotatable bonds is 9. The van der Waals surface area contributed by atoms with E-state index < -0.39 is 39.6 Å². The number of nitrogens with zero attached hydrogens (tertiary/aromatic N) is 6. The van der Waals surface area contributed by atoms with E-state index in [2.05, 4.69) is 4.98 Å². The van der Waals surface area contributed by atoms with Gasteiger partial charge in [0.2, 0.25) is 5.43 Å². The van der Waals surface area contributed by atoms with E-state index in [0.717, 1.165) is 12.3 Å². The van der Waals surface area contributed by atoms with Crippen LogP contribution >= 0.6 is 11.6 Å². The number of pyridine rings is 1. The lowest BCUT2D eigenvalue weighted by Crippen LogP contribution is -2.49. The number of methoxy groups -OCH3 is 1. The molecule has 0 radical (unpaired) electrons. The molecule has 38 heavy (non-hydrogen) atoms. The lowest BCUT2D eigenvalue weighted by atomic mass is 10.1. The molecular weight excluding hydrogens is 527 g/mol. The van der Waals surface area contributed by atoms with Crippen LogP contribution in [0.1, 0.15) is 17.3 Å². The summed E-state index contributed by atoms with van der Waals surface area (Å²) < 4.78 is 23.8. The van der Waals surface area contributed by atoms with Crippen LogP contribution in [0.4, 0.5) is 15.9 Å². The number of aliphatic hydroxyl groups is 1. The number of nitro groups is 1. The Morgan fingerprint density at radius 3 is 2.50 bits per heavy atom. The zero-order valence-electron chi connectivity index (χ0n) is 20.6. The highest BCUT2D eigenvalue weighted by atomic mass is 35.5. The smallest absolute Gasteiger partial charge is 0.383 e. The fourth-order valence-electron chi connectivity index (χ4n) is 4.71. The monoisotopic (exact) mass is 552 g/mol. The molecule has 0 saturated carbocycles. The van der Waals surface area contributed by atoms with Gasteiger partial charge in [0.1, 0.15) is 17.4 Å². The lowest BCUT2D eigenvalue weighted by molar-refractivity contribution is -0.389. The van der Waals surface area contributed by atoms with Gasteiger partial charge < -0.3 is 34.5 Å². The number of imidazole rings is 1. The van der Waals surface area contributed by atoms with Crippen molar-refractivity contribution in [2.75, 3.05) is 44.7 Å². The third-order valence-corrected chi connectivity index (χ3v) is 6.79. The zero-order chi connectivity index (χ0) is 27.7. The normalized spacial score (nSPS) is 15.1. The van der Waals surface area contributed by atoms with E-state index in [0.29, 0.717) is 38.2 Å². The van der Waals surface area contributed by atoms with Gasteiger partial charge in [-0.15, -0.1) is 0 Å². The summed E-state index contributed by atoms with van der Waals surface area (Å²) in [5.41, 5.74) is -0.761. The summed E-state index contributed by atoms with van der Waals surface area (Å²) in [7, 11) is 1.37. The van der Waals surface area contributed by atoms with Crippen molar-refractivity contribution in [3.8, 4) is 5.75 Å². The molecule has 15 heteroatoms. The zero-order valence-corrected chi connectivity index (χ0v) is 21.4. The first-order valence-electron chi connectivity index (χ1n) is 11.7. The maximum atomic E-state index is 15.4. The van der Waals surface area contributed by atoms with Crippen molar-refractivity contribution < 1.29 is 29.1 Å². The predicted molar refractivity (Wildman–Crippen MR) is 136 cm³/mol.